The third-order valence-electron chi connectivity index (χ3n) is 2.23. The fourth-order valence-corrected chi connectivity index (χ4v) is 2.60. The number of aryl methyl sites for hydroxylation is 1. The first kappa shape index (κ1) is 10.1. The van der Waals surface area contributed by atoms with Crippen LogP contribution in [0.25, 0.3) is 0 Å². The zero-order valence-electron chi connectivity index (χ0n) is 7.25. The van der Waals surface area contributed by atoms with Gasteiger partial charge in [-0.15, -0.1) is 28.3 Å². The van der Waals surface area contributed by atoms with Gasteiger partial charge in [-0.1, -0.05) is 0 Å². The summed E-state index contributed by atoms with van der Waals surface area (Å²) < 4.78 is 0. The second kappa shape index (κ2) is 4.28. The van der Waals surface area contributed by atoms with Crippen LogP contribution >= 0.6 is 28.3 Å². The Morgan fingerprint density at radius 1 is 1.33 bits per heavy atom. The molecule has 0 radical (unpaired) electrons. The lowest BCUT2D eigenvalue weighted by Gasteiger charge is -2.15. The van der Waals surface area contributed by atoms with E-state index in [4.69, 9.17) is 0 Å². The van der Waals surface area contributed by atoms with Crippen LogP contribution in [0.1, 0.15) is 18.4 Å². The van der Waals surface area contributed by atoms with Crippen LogP contribution in [0.5, 0.6) is 0 Å². The predicted molar refractivity (Wildman–Crippen MR) is 60.8 cm³/mol. The summed E-state index contributed by atoms with van der Waals surface area (Å²) in [4.78, 5) is 2.50. The van der Waals surface area contributed by atoms with Gasteiger partial charge in [0.25, 0.3) is 0 Å². The van der Waals surface area contributed by atoms with Crippen LogP contribution in [-0.4, -0.2) is 13.1 Å². The molecule has 1 aliphatic heterocycles. The van der Waals surface area contributed by atoms with E-state index < -0.39 is 0 Å². The number of thiophene rings is 1. The lowest BCUT2D eigenvalue weighted by Crippen LogP contribution is -2.16. The van der Waals surface area contributed by atoms with Gasteiger partial charge >= 0.3 is 0 Å². The molecule has 1 nitrogen and oxygen atoms in total. The number of anilines is 1. The van der Waals surface area contributed by atoms with Crippen LogP contribution in [0.15, 0.2) is 11.4 Å². The van der Waals surface area contributed by atoms with Crippen molar-refractivity contribution in [2.24, 2.45) is 0 Å². The topological polar surface area (TPSA) is 3.24 Å². The third kappa shape index (κ3) is 1.83. The largest absolute Gasteiger partial charge is 0.363 e. The SMILES string of the molecule is Br.Cc1ccsc1N1CCCC1. The Balaban J connectivity index is 0.000000720. The van der Waals surface area contributed by atoms with Crippen molar-refractivity contribution in [3.05, 3.63) is 17.0 Å². The first-order valence-electron chi connectivity index (χ1n) is 4.17. The Labute approximate surface area is 88.2 Å². The van der Waals surface area contributed by atoms with Crippen molar-refractivity contribution in [1.29, 1.82) is 0 Å². The van der Waals surface area contributed by atoms with Gasteiger partial charge in [0.15, 0.2) is 0 Å². The lowest BCUT2D eigenvalue weighted by molar-refractivity contribution is 0.949. The van der Waals surface area contributed by atoms with Gasteiger partial charge in [-0.25, -0.2) is 0 Å². The van der Waals surface area contributed by atoms with Crippen LogP contribution < -0.4 is 4.90 Å². The highest BCUT2D eigenvalue weighted by molar-refractivity contribution is 8.93. The van der Waals surface area contributed by atoms with Crippen LogP contribution in [0, 0.1) is 6.92 Å². The van der Waals surface area contributed by atoms with E-state index in [1.54, 1.807) is 0 Å². The number of nitrogens with zero attached hydrogens (tertiary/aromatic N) is 1. The van der Waals surface area contributed by atoms with Crippen LogP contribution in [0.2, 0.25) is 0 Å². The standard InChI is InChI=1S/C9H13NS.BrH/c1-8-4-7-11-9(8)10-5-2-3-6-10;/h4,7H,2-3,5-6H2,1H3;1H. The van der Waals surface area contributed by atoms with Gasteiger partial charge in [-0.05, 0) is 36.8 Å². The summed E-state index contributed by atoms with van der Waals surface area (Å²) in [5.41, 5.74) is 1.44. The van der Waals surface area contributed by atoms with Gasteiger partial charge in [-0.2, -0.15) is 0 Å². The monoisotopic (exact) mass is 247 g/mol. The quantitative estimate of drug-likeness (QED) is 0.737. The zero-order valence-corrected chi connectivity index (χ0v) is 9.78. The molecule has 2 heterocycles. The maximum Gasteiger partial charge on any atom is 0.0938 e. The summed E-state index contributed by atoms with van der Waals surface area (Å²) in [5.74, 6) is 0. The van der Waals surface area contributed by atoms with Crippen LogP contribution in [0.3, 0.4) is 0 Å². The fraction of sp³-hybridized carbons (Fsp3) is 0.556. The Hall–Kier alpha value is -0.0200. The van der Waals surface area contributed by atoms with Gasteiger partial charge in [0.1, 0.15) is 0 Å². The first-order valence-corrected chi connectivity index (χ1v) is 5.05. The predicted octanol–water partition coefficient (Wildman–Crippen LogP) is 3.23. The van der Waals surface area contributed by atoms with E-state index in [2.05, 4.69) is 23.3 Å². The zero-order chi connectivity index (χ0) is 7.68. The van der Waals surface area contributed by atoms with Gasteiger partial charge in [0.2, 0.25) is 0 Å². The number of hydrogen-bond donors (Lipinski definition) is 0. The Morgan fingerprint density at radius 3 is 2.50 bits per heavy atom. The van der Waals surface area contributed by atoms with Crippen LogP contribution in [0.4, 0.5) is 5.00 Å². The molecule has 0 bridgehead atoms. The summed E-state index contributed by atoms with van der Waals surface area (Å²) in [7, 11) is 0. The molecular formula is C9H14BrNS. The van der Waals surface area contributed by atoms with E-state index in [0.717, 1.165) is 0 Å². The molecule has 12 heavy (non-hydrogen) atoms. The summed E-state index contributed by atoms with van der Waals surface area (Å²) in [6, 6.07) is 2.21. The highest BCUT2D eigenvalue weighted by Crippen LogP contribution is 2.29. The van der Waals surface area contributed by atoms with E-state index in [-0.39, 0.29) is 17.0 Å². The second-order valence-corrected chi connectivity index (χ2v) is 4.00. The molecule has 1 aromatic heterocycles. The summed E-state index contributed by atoms with van der Waals surface area (Å²) in [6.07, 6.45) is 2.74. The lowest BCUT2D eigenvalue weighted by atomic mass is 10.3. The first-order chi connectivity index (χ1) is 5.38. The molecule has 0 spiro atoms. The molecule has 0 amide bonds. The molecule has 1 aliphatic rings. The van der Waals surface area contributed by atoms with Crippen molar-refractivity contribution in [2.45, 2.75) is 19.8 Å². The van der Waals surface area contributed by atoms with E-state index in [1.807, 2.05) is 11.3 Å². The minimum atomic E-state index is 0. The summed E-state index contributed by atoms with van der Waals surface area (Å²) >= 11 is 1.87. The minimum Gasteiger partial charge on any atom is -0.363 e. The number of halogens is 1. The molecule has 2 rings (SSSR count). The van der Waals surface area contributed by atoms with Crippen molar-refractivity contribution in [1.82, 2.24) is 0 Å². The highest BCUT2D eigenvalue weighted by atomic mass is 79.9. The number of hydrogen-bond acceptors (Lipinski definition) is 2. The Bertz CT molecular complexity index is 240. The highest BCUT2D eigenvalue weighted by Gasteiger charge is 2.14. The maximum absolute atomic E-state index is 2.50. The molecule has 0 saturated carbocycles. The molecule has 0 unspecified atom stereocenters. The van der Waals surface area contributed by atoms with Gasteiger partial charge in [0, 0.05) is 13.1 Å². The second-order valence-electron chi connectivity index (χ2n) is 3.10. The van der Waals surface area contributed by atoms with Crippen molar-refractivity contribution in [2.75, 3.05) is 18.0 Å². The average Bonchev–Trinajstić information content (AvgIpc) is 2.55. The average molecular weight is 248 g/mol. The maximum atomic E-state index is 2.50. The fourth-order valence-electron chi connectivity index (χ4n) is 1.61. The van der Waals surface area contributed by atoms with E-state index in [0.29, 0.717) is 0 Å². The molecule has 3 heteroatoms. The summed E-state index contributed by atoms with van der Waals surface area (Å²) in [6.45, 7) is 4.73. The molecule has 0 aliphatic carbocycles. The van der Waals surface area contributed by atoms with E-state index >= 15 is 0 Å². The van der Waals surface area contributed by atoms with Gasteiger partial charge in [0.05, 0.1) is 5.00 Å². The molecule has 68 valence electrons. The molecule has 1 fully saturated rings. The summed E-state index contributed by atoms with van der Waals surface area (Å²) in [5, 5.41) is 3.67. The molecule has 0 aromatic carbocycles. The van der Waals surface area contributed by atoms with Crippen molar-refractivity contribution >= 4 is 33.3 Å². The van der Waals surface area contributed by atoms with Gasteiger partial charge < -0.3 is 4.90 Å². The van der Waals surface area contributed by atoms with Crippen LogP contribution in [-0.2, 0) is 0 Å². The number of rotatable bonds is 1. The molecule has 0 atom stereocenters. The Kier molecular flexibility index (Phi) is 3.59. The van der Waals surface area contributed by atoms with E-state index in [9.17, 15) is 0 Å². The normalized spacial score (nSPS) is 16.2. The van der Waals surface area contributed by atoms with Gasteiger partial charge in [-0.3, -0.25) is 0 Å². The smallest absolute Gasteiger partial charge is 0.0938 e. The molecular weight excluding hydrogens is 234 g/mol. The minimum absolute atomic E-state index is 0. The molecule has 1 aromatic rings. The van der Waals surface area contributed by atoms with Crippen molar-refractivity contribution < 1.29 is 0 Å². The third-order valence-corrected chi connectivity index (χ3v) is 3.30. The molecule has 0 N–H and O–H groups in total. The Morgan fingerprint density at radius 2 is 2.00 bits per heavy atom. The van der Waals surface area contributed by atoms with Crippen molar-refractivity contribution in [3.8, 4) is 0 Å². The van der Waals surface area contributed by atoms with E-state index in [1.165, 1.54) is 36.5 Å². The molecule has 1 saturated heterocycles. The van der Waals surface area contributed by atoms with Crippen molar-refractivity contribution in [3.63, 3.8) is 0 Å².